The molecule has 94 valence electrons. The van der Waals surface area contributed by atoms with Gasteiger partial charge in [0.25, 0.3) is 0 Å². The Morgan fingerprint density at radius 2 is 2.18 bits per heavy atom. The van der Waals surface area contributed by atoms with E-state index in [1.807, 2.05) is 0 Å². The van der Waals surface area contributed by atoms with E-state index in [4.69, 9.17) is 14.9 Å². The third kappa shape index (κ3) is 4.01. The Morgan fingerprint density at radius 3 is 2.65 bits per heavy atom. The fraction of sp³-hybridized carbons (Fsp3) is 0.455. The van der Waals surface area contributed by atoms with Crippen LogP contribution in [0.1, 0.15) is 17.3 Å². The van der Waals surface area contributed by atoms with E-state index in [-0.39, 0.29) is 13.2 Å². The van der Waals surface area contributed by atoms with Crippen LogP contribution in [0.2, 0.25) is 0 Å². The molecule has 0 amide bonds. The maximum Gasteiger partial charge on any atom is 0.339 e. The number of nitrogens with zero attached hydrogens (tertiary/aromatic N) is 1. The van der Waals surface area contributed by atoms with Crippen LogP contribution in [0.5, 0.6) is 0 Å². The first-order valence-corrected chi connectivity index (χ1v) is 5.32. The van der Waals surface area contributed by atoms with Crippen molar-refractivity contribution in [3.8, 4) is 0 Å². The van der Waals surface area contributed by atoms with E-state index in [1.165, 1.54) is 6.20 Å². The maximum absolute atomic E-state index is 11.3. The van der Waals surface area contributed by atoms with E-state index in [9.17, 15) is 4.79 Å². The molecule has 0 bridgehead atoms. The summed E-state index contributed by atoms with van der Waals surface area (Å²) in [7, 11) is 0. The highest BCUT2D eigenvalue weighted by atomic mass is 16.5. The lowest BCUT2D eigenvalue weighted by molar-refractivity contribution is 0.0526. The molecule has 0 saturated heterocycles. The van der Waals surface area contributed by atoms with Gasteiger partial charge in [-0.15, -0.1) is 0 Å². The van der Waals surface area contributed by atoms with Gasteiger partial charge >= 0.3 is 5.97 Å². The number of aromatic nitrogens is 1. The first kappa shape index (κ1) is 13.4. The predicted molar refractivity (Wildman–Crippen MR) is 61.8 cm³/mol. The molecule has 0 atom stereocenters. The third-order valence-electron chi connectivity index (χ3n) is 2.07. The molecular weight excluding hydrogens is 224 g/mol. The van der Waals surface area contributed by atoms with Gasteiger partial charge < -0.3 is 20.3 Å². The second-order valence-electron chi connectivity index (χ2n) is 3.36. The molecule has 0 aliphatic carbocycles. The minimum Gasteiger partial charge on any atom is -0.462 e. The molecule has 3 N–H and O–H groups in total. The lowest BCUT2D eigenvalue weighted by Crippen LogP contribution is -2.28. The molecule has 0 unspecified atom stereocenters. The number of carbonyl (C=O) groups excluding carboxylic acids is 1. The molecule has 0 radical (unpaired) electrons. The quantitative estimate of drug-likeness (QED) is 0.607. The van der Waals surface area contributed by atoms with Crippen LogP contribution in [0, 0.1) is 0 Å². The summed E-state index contributed by atoms with van der Waals surface area (Å²) >= 11 is 0. The molecule has 0 saturated carbocycles. The van der Waals surface area contributed by atoms with Crippen LogP contribution in [-0.4, -0.2) is 47.0 Å². The summed E-state index contributed by atoms with van der Waals surface area (Å²) in [6.45, 7) is 1.65. The van der Waals surface area contributed by atoms with Crippen molar-refractivity contribution in [3.05, 3.63) is 23.9 Å². The number of pyridine rings is 1. The fourth-order valence-electron chi connectivity index (χ4n) is 1.17. The van der Waals surface area contributed by atoms with E-state index in [1.54, 1.807) is 19.1 Å². The smallest absolute Gasteiger partial charge is 0.339 e. The van der Waals surface area contributed by atoms with Crippen LogP contribution in [0.25, 0.3) is 0 Å². The van der Waals surface area contributed by atoms with Crippen LogP contribution in [-0.2, 0) is 4.74 Å². The molecule has 1 rings (SSSR count). The van der Waals surface area contributed by atoms with Gasteiger partial charge in [-0.1, -0.05) is 0 Å². The molecule has 0 aliphatic heterocycles. The van der Waals surface area contributed by atoms with Gasteiger partial charge in [0, 0.05) is 6.20 Å². The average Bonchev–Trinajstić information content (AvgIpc) is 2.37. The molecule has 0 fully saturated rings. The number of ether oxygens (including phenoxy) is 1. The molecule has 6 nitrogen and oxygen atoms in total. The molecule has 17 heavy (non-hydrogen) atoms. The summed E-state index contributed by atoms with van der Waals surface area (Å²) in [6.07, 6.45) is 1.38. The van der Waals surface area contributed by atoms with E-state index >= 15 is 0 Å². The number of nitrogens with one attached hydrogen (secondary N) is 1. The highest BCUT2D eigenvalue weighted by Gasteiger charge is 2.09. The molecule has 1 aromatic rings. The lowest BCUT2D eigenvalue weighted by atomic mass is 10.2. The van der Waals surface area contributed by atoms with Crippen molar-refractivity contribution >= 4 is 11.8 Å². The molecule has 6 heteroatoms. The van der Waals surface area contributed by atoms with E-state index in [0.29, 0.717) is 18.0 Å². The molecule has 0 aliphatic rings. The largest absolute Gasteiger partial charge is 0.462 e. The predicted octanol–water partition coefficient (Wildman–Crippen LogP) is 0.0234. The van der Waals surface area contributed by atoms with Crippen molar-refractivity contribution in [2.75, 3.05) is 25.1 Å². The number of carbonyl (C=O) groups is 1. The van der Waals surface area contributed by atoms with Crippen molar-refractivity contribution < 1.29 is 19.7 Å². The minimum absolute atomic E-state index is 0.197. The van der Waals surface area contributed by atoms with Crippen LogP contribution >= 0.6 is 0 Å². The van der Waals surface area contributed by atoms with Crippen LogP contribution in [0.4, 0.5) is 5.82 Å². The number of aliphatic hydroxyl groups excluding tert-OH is 2. The topological polar surface area (TPSA) is 91.7 Å². The second kappa shape index (κ2) is 6.82. The standard InChI is InChI=1S/C11H16N2O4/c1-2-17-11(16)8-3-4-10(12-5-8)13-9(6-14)7-15/h3-5,9,14-15H,2,6-7H2,1H3,(H,12,13). The number of aliphatic hydroxyl groups is 2. The average molecular weight is 240 g/mol. The van der Waals surface area contributed by atoms with E-state index in [2.05, 4.69) is 10.3 Å². The minimum atomic E-state index is -0.462. The summed E-state index contributed by atoms with van der Waals surface area (Å²) in [5.41, 5.74) is 0.363. The normalized spacial score (nSPS) is 10.4. The second-order valence-corrected chi connectivity index (χ2v) is 3.36. The Labute approximate surface area is 99.3 Å². The summed E-state index contributed by atoms with van der Waals surface area (Å²) in [4.78, 5) is 15.3. The Balaban J connectivity index is 2.64. The van der Waals surface area contributed by atoms with Crippen molar-refractivity contribution in [2.24, 2.45) is 0 Å². The fourth-order valence-corrected chi connectivity index (χ4v) is 1.17. The number of hydrogen-bond donors (Lipinski definition) is 3. The Morgan fingerprint density at radius 1 is 1.47 bits per heavy atom. The number of rotatable bonds is 6. The maximum atomic E-state index is 11.3. The zero-order valence-electron chi connectivity index (χ0n) is 9.59. The van der Waals surface area contributed by atoms with Gasteiger partial charge in [-0.2, -0.15) is 0 Å². The zero-order valence-corrected chi connectivity index (χ0v) is 9.59. The highest BCUT2D eigenvalue weighted by Crippen LogP contribution is 2.07. The molecule has 1 aromatic heterocycles. The van der Waals surface area contributed by atoms with E-state index in [0.717, 1.165) is 0 Å². The van der Waals surface area contributed by atoms with Crippen LogP contribution in [0.15, 0.2) is 18.3 Å². The number of esters is 1. The Hall–Kier alpha value is -1.66. The number of hydrogen-bond acceptors (Lipinski definition) is 6. The first-order valence-electron chi connectivity index (χ1n) is 5.32. The van der Waals surface area contributed by atoms with Crippen LogP contribution in [0.3, 0.4) is 0 Å². The molecule has 1 heterocycles. The monoisotopic (exact) mass is 240 g/mol. The van der Waals surface area contributed by atoms with Crippen molar-refractivity contribution in [3.63, 3.8) is 0 Å². The third-order valence-corrected chi connectivity index (χ3v) is 2.07. The van der Waals surface area contributed by atoms with Gasteiger partial charge in [0.1, 0.15) is 5.82 Å². The zero-order chi connectivity index (χ0) is 12.7. The summed E-state index contributed by atoms with van der Waals surface area (Å²) < 4.78 is 4.81. The van der Waals surface area contributed by atoms with Crippen molar-refractivity contribution in [1.29, 1.82) is 0 Å². The summed E-state index contributed by atoms with van der Waals surface area (Å²) in [6, 6.07) is 2.69. The lowest BCUT2D eigenvalue weighted by Gasteiger charge is -2.13. The van der Waals surface area contributed by atoms with Gasteiger partial charge in [0.15, 0.2) is 0 Å². The van der Waals surface area contributed by atoms with Crippen molar-refractivity contribution in [2.45, 2.75) is 13.0 Å². The molecule has 0 aromatic carbocycles. The van der Waals surface area contributed by atoms with Gasteiger partial charge in [0.05, 0.1) is 31.4 Å². The van der Waals surface area contributed by atoms with Gasteiger partial charge in [0.2, 0.25) is 0 Å². The first-order chi connectivity index (χ1) is 8.21. The Bertz CT molecular complexity index is 349. The summed E-state index contributed by atoms with van der Waals surface area (Å²) in [5.74, 6) is 0.0542. The molecular formula is C11H16N2O4. The van der Waals surface area contributed by atoms with Gasteiger partial charge in [-0.05, 0) is 19.1 Å². The number of anilines is 1. The van der Waals surface area contributed by atoms with Gasteiger partial charge in [-0.3, -0.25) is 0 Å². The Kier molecular flexibility index (Phi) is 5.38. The highest BCUT2D eigenvalue weighted by molar-refractivity contribution is 5.89. The molecule has 0 spiro atoms. The van der Waals surface area contributed by atoms with Crippen molar-refractivity contribution in [1.82, 2.24) is 4.98 Å². The van der Waals surface area contributed by atoms with E-state index < -0.39 is 12.0 Å². The van der Waals surface area contributed by atoms with Crippen LogP contribution < -0.4 is 5.32 Å². The SMILES string of the molecule is CCOC(=O)c1ccc(NC(CO)CO)nc1. The van der Waals surface area contributed by atoms with Gasteiger partial charge in [-0.25, -0.2) is 9.78 Å². The summed E-state index contributed by atoms with van der Waals surface area (Å²) in [5, 5.41) is 20.6.